The summed E-state index contributed by atoms with van der Waals surface area (Å²) in [7, 11) is -3.68. The van der Waals surface area contributed by atoms with Crippen molar-refractivity contribution in [2.24, 2.45) is 0 Å². The third-order valence-corrected chi connectivity index (χ3v) is 10.1. The largest absolute Gasteiger partial charge is 0.481 e. The zero-order chi connectivity index (χ0) is 28.3. The highest BCUT2D eigenvalue weighted by Crippen LogP contribution is 2.35. The van der Waals surface area contributed by atoms with Gasteiger partial charge in [-0.25, -0.2) is 13.1 Å². The Morgan fingerprint density at radius 3 is 2.48 bits per heavy atom. The van der Waals surface area contributed by atoms with Crippen LogP contribution in [-0.4, -0.2) is 68.3 Å². The number of hydrogen-bond donors (Lipinski definition) is 1. The maximum atomic E-state index is 13.5. The van der Waals surface area contributed by atoms with E-state index in [4.69, 9.17) is 22.4 Å². The zero-order valence-electron chi connectivity index (χ0n) is 21.6. The van der Waals surface area contributed by atoms with Crippen LogP contribution in [-0.2, 0) is 19.6 Å². The van der Waals surface area contributed by atoms with Crippen LogP contribution in [0, 0.1) is 0 Å². The molecule has 0 saturated carbocycles. The molecular weight excluding hydrogens is 569 g/mol. The second-order valence-corrected chi connectivity index (χ2v) is 13.2. The topological polar surface area (TPSA) is 113 Å². The molecule has 0 radical (unpaired) electrons. The molecule has 0 bridgehead atoms. The van der Waals surface area contributed by atoms with Crippen molar-refractivity contribution in [2.75, 3.05) is 19.6 Å². The van der Waals surface area contributed by atoms with E-state index in [1.54, 1.807) is 45.5 Å². The summed E-state index contributed by atoms with van der Waals surface area (Å²) in [5, 5.41) is 13.8. The maximum Gasteiger partial charge on any atom is 0.305 e. The minimum atomic E-state index is -3.68. The summed E-state index contributed by atoms with van der Waals surface area (Å²) in [6.07, 6.45) is 6.98. The highest BCUT2D eigenvalue weighted by molar-refractivity contribution is 8.26. The summed E-state index contributed by atoms with van der Waals surface area (Å²) in [6, 6.07) is 16.2. The van der Waals surface area contributed by atoms with Crippen LogP contribution < -0.4 is 0 Å². The second kappa shape index (κ2) is 12.0. The van der Waals surface area contributed by atoms with Crippen LogP contribution in [0.1, 0.15) is 37.7 Å². The van der Waals surface area contributed by atoms with Gasteiger partial charge in [0, 0.05) is 37.0 Å². The first-order chi connectivity index (χ1) is 19.2. The van der Waals surface area contributed by atoms with Crippen molar-refractivity contribution >= 4 is 56.3 Å². The molecule has 1 N–H and O–H groups in total. The van der Waals surface area contributed by atoms with Crippen LogP contribution in [0.2, 0.25) is 0 Å². The molecular formula is C28H28N4O5S3. The molecule has 1 amide bonds. The molecule has 2 saturated heterocycles. The number of carboxylic acids is 1. The molecule has 0 unspecified atom stereocenters. The number of thiocarbonyl (C=S) groups is 1. The maximum absolute atomic E-state index is 13.5. The van der Waals surface area contributed by atoms with Crippen molar-refractivity contribution in [2.45, 2.75) is 37.0 Å². The Morgan fingerprint density at radius 2 is 1.77 bits per heavy atom. The smallest absolute Gasteiger partial charge is 0.305 e. The molecule has 2 aromatic carbocycles. The van der Waals surface area contributed by atoms with E-state index in [-0.39, 0.29) is 23.8 Å². The van der Waals surface area contributed by atoms with Crippen molar-refractivity contribution in [1.82, 2.24) is 19.0 Å². The first kappa shape index (κ1) is 28.2. The molecule has 2 fully saturated rings. The lowest BCUT2D eigenvalue weighted by atomic mass is 10.1. The summed E-state index contributed by atoms with van der Waals surface area (Å²) in [5.74, 6) is -1.38. The van der Waals surface area contributed by atoms with Gasteiger partial charge < -0.3 is 5.11 Å². The number of carbonyl (C=O) groups is 2. The fraction of sp³-hybridized carbons (Fsp3) is 0.286. The van der Waals surface area contributed by atoms with Gasteiger partial charge in [0.1, 0.15) is 10.0 Å². The van der Waals surface area contributed by atoms with Crippen molar-refractivity contribution < 1.29 is 23.1 Å². The van der Waals surface area contributed by atoms with Gasteiger partial charge in [-0.15, -0.1) is 0 Å². The average Bonchev–Trinajstić information content (AvgIpc) is 3.33. The number of benzene rings is 2. The van der Waals surface area contributed by atoms with E-state index in [0.29, 0.717) is 39.1 Å². The molecule has 12 heteroatoms. The molecule has 208 valence electrons. The minimum absolute atomic E-state index is 0.0100. The Kier molecular flexibility index (Phi) is 8.50. The lowest BCUT2D eigenvalue weighted by Gasteiger charge is -2.20. The van der Waals surface area contributed by atoms with Crippen LogP contribution in [0.5, 0.6) is 0 Å². The third-order valence-electron chi connectivity index (χ3n) is 6.78. The summed E-state index contributed by atoms with van der Waals surface area (Å²) in [4.78, 5) is 26.0. The Bertz CT molecular complexity index is 1580. The Labute approximate surface area is 242 Å². The molecule has 9 nitrogen and oxygen atoms in total. The lowest BCUT2D eigenvalue weighted by molar-refractivity contribution is -0.137. The quantitative estimate of drug-likeness (QED) is 0.292. The van der Waals surface area contributed by atoms with E-state index >= 15 is 0 Å². The molecule has 1 aromatic heterocycles. The molecule has 0 aliphatic carbocycles. The third kappa shape index (κ3) is 6.04. The molecule has 0 spiro atoms. The summed E-state index contributed by atoms with van der Waals surface area (Å²) >= 11 is 6.44. The number of amides is 1. The van der Waals surface area contributed by atoms with Crippen LogP contribution in [0.15, 0.2) is 70.6 Å². The molecule has 40 heavy (non-hydrogen) atoms. The second-order valence-electron chi connectivity index (χ2n) is 9.54. The number of aromatic nitrogens is 2. The molecule has 2 aliphatic rings. The van der Waals surface area contributed by atoms with E-state index in [2.05, 4.69) is 0 Å². The fourth-order valence-electron chi connectivity index (χ4n) is 4.71. The van der Waals surface area contributed by atoms with Crippen molar-refractivity contribution in [1.29, 1.82) is 0 Å². The first-order valence-electron chi connectivity index (χ1n) is 13.0. The zero-order valence-corrected chi connectivity index (χ0v) is 24.1. The number of thioether (sulfide) groups is 1. The van der Waals surface area contributed by atoms with Gasteiger partial charge in [0.25, 0.3) is 5.91 Å². The minimum Gasteiger partial charge on any atom is -0.481 e. The van der Waals surface area contributed by atoms with E-state index in [0.717, 1.165) is 43.1 Å². The molecule has 3 heterocycles. The van der Waals surface area contributed by atoms with Gasteiger partial charge in [-0.1, -0.05) is 67.2 Å². The molecule has 0 atom stereocenters. The lowest BCUT2D eigenvalue weighted by Crippen LogP contribution is -2.31. The van der Waals surface area contributed by atoms with Gasteiger partial charge in [-0.3, -0.25) is 14.5 Å². The predicted molar refractivity (Wildman–Crippen MR) is 158 cm³/mol. The number of nitrogens with zero attached hydrogens (tertiary/aromatic N) is 4. The normalized spacial score (nSPS) is 17.9. The molecule has 3 aromatic rings. The van der Waals surface area contributed by atoms with Crippen LogP contribution in [0.25, 0.3) is 23.0 Å². The number of para-hydroxylation sites is 1. The van der Waals surface area contributed by atoms with Gasteiger partial charge in [0.2, 0.25) is 10.0 Å². The van der Waals surface area contributed by atoms with Gasteiger partial charge >= 0.3 is 5.97 Å². The summed E-state index contributed by atoms with van der Waals surface area (Å²) in [5.41, 5.74) is 2.50. The Hall–Kier alpha value is -3.32. The standard InChI is InChI=1S/C28H28N4O5S3/c33-25(34)13-16-31-27(35)24(39-28(31)38)18-21-19-32(22-10-4-3-5-11-22)29-26(21)20-9-8-12-23(17-20)40(36,37)30-14-6-1-2-7-15-30/h3-5,8-12,17-19H,1-2,6-7,13-16H2,(H,33,34). The Balaban J connectivity index is 1.55. The summed E-state index contributed by atoms with van der Waals surface area (Å²) < 4.78 is 30.6. The number of aliphatic carboxylic acids is 1. The Morgan fingerprint density at radius 1 is 1.05 bits per heavy atom. The van der Waals surface area contributed by atoms with E-state index in [1.165, 1.54) is 4.90 Å². The number of carbonyl (C=O) groups excluding carboxylic acids is 1. The van der Waals surface area contributed by atoms with E-state index in [1.807, 2.05) is 30.3 Å². The molecule has 2 aliphatic heterocycles. The van der Waals surface area contributed by atoms with Crippen molar-refractivity contribution in [3.63, 3.8) is 0 Å². The number of rotatable bonds is 8. The number of carboxylic acid groups (broad SMARTS) is 1. The highest BCUT2D eigenvalue weighted by atomic mass is 32.2. The average molecular weight is 597 g/mol. The van der Waals surface area contributed by atoms with E-state index in [9.17, 15) is 18.0 Å². The first-order valence-corrected chi connectivity index (χ1v) is 15.6. The fourth-order valence-corrected chi connectivity index (χ4v) is 7.57. The highest BCUT2D eigenvalue weighted by Gasteiger charge is 2.33. The van der Waals surface area contributed by atoms with Gasteiger partial charge in [-0.2, -0.15) is 9.40 Å². The van der Waals surface area contributed by atoms with E-state index < -0.39 is 16.0 Å². The van der Waals surface area contributed by atoms with Crippen molar-refractivity contribution in [3.05, 3.63) is 71.3 Å². The SMILES string of the molecule is O=C(O)CCN1C(=O)C(=Cc2cn(-c3ccccc3)nc2-c2cccc(S(=O)(=O)N3CCCCCC3)c2)SC1=S. The molecule has 5 rings (SSSR count). The van der Waals surface area contributed by atoms with Crippen LogP contribution in [0.4, 0.5) is 0 Å². The van der Waals surface area contributed by atoms with Crippen LogP contribution >= 0.6 is 24.0 Å². The van der Waals surface area contributed by atoms with Gasteiger partial charge in [-0.05, 0) is 43.2 Å². The van der Waals surface area contributed by atoms with Crippen molar-refractivity contribution in [3.8, 4) is 16.9 Å². The number of hydrogen-bond acceptors (Lipinski definition) is 7. The number of sulfonamides is 1. The summed E-state index contributed by atoms with van der Waals surface area (Å²) in [6.45, 7) is 0.998. The van der Waals surface area contributed by atoms with Gasteiger partial charge in [0.15, 0.2) is 0 Å². The predicted octanol–water partition coefficient (Wildman–Crippen LogP) is 4.78. The van der Waals surface area contributed by atoms with Crippen LogP contribution in [0.3, 0.4) is 0 Å². The monoisotopic (exact) mass is 596 g/mol. The van der Waals surface area contributed by atoms with Gasteiger partial charge in [0.05, 0.1) is 21.9 Å².